The van der Waals surface area contributed by atoms with Gasteiger partial charge >= 0.3 is 0 Å². The summed E-state index contributed by atoms with van der Waals surface area (Å²) in [7, 11) is -1.33. The van der Waals surface area contributed by atoms with Crippen molar-refractivity contribution in [2.45, 2.75) is 32.7 Å². The van der Waals surface area contributed by atoms with Crippen molar-refractivity contribution in [2.75, 3.05) is 18.6 Å². The van der Waals surface area contributed by atoms with Gasteiger partial charge in [-0.2, -0.15) is 0 Å². The molecule has 1 aliphatic rings. The Kier molecular flexibility index (Phi) is 5.11. The number of ether oxygens (including phenoxy) is 1. The zero-order valence-electron chi connectivity index (χ0n) is 13.3. The van der Waals surface area contributed by atoms with Crippen LogP contribution in [0, 0.1) is 12.8 Å². The Labute approximate surface area is 132 Å². The summed E-state index contributed by atoms with van der Waals surface area (Å²) in [5.41, 5.74) is 2.02. The predicted molar refractivity (Wildman–Crippen MR) is 85.7 cm³/mol. The summed E-state index contributed by atoms with van der Waals surface area (Å²) in [4.78, 5) is 12.1. The lowest BCUT2D eigenvalue weighted by molar-refractivity contribution is -0.122. The molecule has 2 atom stereocenters. The number of aryl methyl sites for hydroxylation is 1. The summed E-state index contributed by atoms with van der Waals surface area (Å²) in [6.45, 7) is 3.89. The highest BCUT2D eigenvalue weighted by Gasteiger charge is 2.29. The van der Waals surface area contributed by atoms with Crippen molar-refractivity contribution in [3.05, 3.63) is 29.3 Å². The topological polar surface area (TPSA) is 72.5 Å². The number of sulfone groups is 1. The molecule has 1 N–H and O–H groups in total. The van der Waals surface area contributed by atoms with Gasteiger partial charge in [0.1, 0.15) is 5.75 Å². The number of amides is 1. The Bertz CT molecular complexity index is 654. The van der Waals surface area contributed by atoms with Crippen LogP contribution in [-0.2, 0) is 14.6 Å². The van der Waals surface area contributed by atoms with E-state index in [-0.39, 0.29) is 35.8 Å². The van der Waals surface area contributed by atoms with Gasteiger partial charge in [-0.3, -0.25) is 4.79 Å². The van der Waals surface area contributed by atoms with Gasteiger partial charge in [0.25, 0.3) is 0 Å². The SMILES string of the molecule is COc1ccc(C)cc1[C@H](C)NC(=O)C[C@H]1CCS(=O)(=O)C1. The molecule has 1 aliphatic heterocycles. The normalized spacial score (nSPS) is 21.3. The molecule has 0 spiro atoms. The van der Waals surface area contributed by atoms with E-state index < -0.39 is 9.84 Å². The monoisotopic (exact) mass is 325 g/mol. The zero-order chi connectivity index (χ0) is 16.3. The summed E-state index contributed by atoms with van der Waals surface area (Å²) in [6, 6.07) is 5.65. The molecule has 6 heteroatoms. The first kappa shape index (κ1) is 16.8. The second kappa shape index (κ2) is 6.69. The van der Waals surface area contributed by atoms with Crippen molar-refractivity contribution in [3.63, 3.8) is 0 Å². The van der Waals surface area contributed by atoms with Crippen LogP contribution in [0.3, 0.4) is 0 Å². The van der Waals surface area contributed by atoms with Gasteiger partial charge in [-0.05, 0) is 32.3 Å². The van der Waals surface area contributed by atoms with Crippen LogP contribution in [0.2, 0.25) is 0 Å². The molecule has 122 valence electrons. The maximum atomic E-state index is 12.1. The fourth-order valence-corrected chi connectivity index (χ4v) is 4.73. The number of methoxy groups -OCH3 is 1. The van der Waals surface area contributed by atoms with E-state index in [0.717, 1.165) is 16.9 Å². The lowest BCUT2D eigenvalue weighted by Crippen LogP contribution is -2.29. The number of hydrogen-bond acceptors (Lipinski definition) is 4. The van der Waals surface area contributed by atoms with Crippen LogP contribution in [0.25, 0.3) is 0 Å². The molecule has 0 saturated carbocycles. The number of hydrogen-bond donors (Lipinski definition) is 1. The molecule has 0 bridgehead atoms. The van der Waals surface area contributed by atoms with Gasteiger partial charge in [-0.15, -0.1) is 0 Å². The van der Waals surface area contributed by atoms with E-state index in [2.05, 4.69) is 5.32 Å². The minimum Gasteiger partial charge on any atom is -0.496 e. The molecule has 2 rings (SSSR count). The Balaban J connectivity index is 1.98. The third kappa shape index (κ3) is 4.22. The lowest BCUT2D eigenvalue weighted by atomic mass is 10.0. The molecule has 1 aromatic carbocycles. The predicted octanol–water partition coefficient (Wildman–Crippen LogP) is 2.01. The molecule has 1 fully saturated rings. The van der Waals surface area contributed by atoms with Crippen LogP contribution in [-0.4, -0.2) is 32.9 Å². The summed E-state index contributed by atoms with van der Waals surface area (Å²) >= 11 is 0. The van der Waals surface area contributed by atoms with E-state index in [9.17, 15) is 13.2 Å². The zero-order valence-corrected chi connectivity index (χ0v) is 14.1. The summed E-state index contributed by atoms with van der Waals surface area (Å²) in [6.07, 6.45) is 0.843. The van der Waals surface area contributed by atoms with E-state index in [1.165, 1.54) is 0 Å². The maximum Gasteiger partial charge on any atom is 0.220 e. The lowest BCUT2D eigenvalue weighted by Gasteiger charge is -2.19. The Hall–Kier alpha value is -1.56. The van der Waals surface area contributed by atoms with Gasteiger partial charge in [0.05, 0.1) is 24.7 Å². The number of carbonyl (C=O) groups excluding carboxylic acids is 1. The molecule has 0 radical (unpaired) electrons. The highest BCUT2D eigenvalue weighted by atomic mass is 32.2. The number of rotatable bonds is 5. The minimum atomic E-state index is -2.94. The van der Waals surface area contributed by atoms with Gasteiger partial charge in [-0.25, -0.2) is 8.42 Å². The number of carbonyl (C=O) groups is 1. The third-order valence-electron chi connectivity index (χ3n) is 4.03. The first-order valence-corrected chi connectivity index (χ1v) is 9.27. The van der Waals surface area contributed by atoms with Crippen molar-refractivity contribution in [2.24, 2.45) is 5.92 Å². The van der Waals surface area contributed by atoms with Crippen molar-refractivity contribution in [1.82, 2.24) is 5.32 Å². The van der Waals surface area contributed by atoms with Gasteiger partial charge < -0.3 is 10.1 Å². The van der Waals surface area contributed by atoms with E-state index >= 15 is 0 Å². The molecule has 0 unspecified atom stereocenters. The van der Waals surface area contributed by atoms with Crippen molar-refractivity contribution >= 4 is 15.7 Å². The number of benzene rings is 1. The van der Waals surface area contributed by atoms with Crippen LogP contribution in [0.1, 0.15) is 36.9 Å². The molecule has 0 aliphatic carbocycles. The van der Waals surface area contributed by atoms with Crippen LogP contribution in [0.15, 0.2) is 18.2 Å². The Morgan fingerprint density at radius 3 is 2.77 bits per heavy atom. The van der Waals surface area contributed by atoms with E-state index in [4.69, 9.17) is 4.74 Å². The highest BCUT2D eigenvalue weighted by Crippen LogP contribution is 2.27. The molecule has 1 heterocycles. The molecule has 22 heavy (non-hydrogen) atoms. The largest absolute Gasteiger partial charge is 0.496 e. The first-order chi connectivity index (χ1) is 10.3. The summed E-state index contributed by atoms with van der Waals surface area (Å²) in [5.74, 6) is 0.894. The molecule has 1 amide bonds. The van der Waals surface area contributed by atoms with E-state index in [1.54, 1.807) is 7.11 Å². The first-order valence-electron chi connectivity index (χ1n) is 7.45. The fraction of sp³-hybridized carbons (Fsp3) is 0.562. The quantitative estimate of drug-likeness (QED) is 0.899. The maximum absolute atomic E-state index is 12.1. The van der Waals surface area contributed by atoms with Crippen LogP contribution >= 0.6 is 0 Å². The van der Waals surface area contributed by atoms with Gasteiger partial charge in [0.2, 0.25) is 5.91 Å². The second-order valence-electron chi connectivity index (χ2n) is 6.01. The molecular formula is C16H23NO4S. The summed E-state index contributed by atoms with van der Waals surface area (Å²) in [5, 5.41) is 2.94. The highest BCUT2D eigenvalue weighted by molar-refractivity contribution is 7.91. The van der Waals surface area contributed by atoms with Crippen molar-refractivity contribution < 1.29 is 17.9 Å². The van der Waals surface area contributed by atoms with Crippen LogP contribution in [0.5, 0.6) is 5.75 Å². The molecular weight excluding hydrogens is 302 g/mol. The minimum absolute atomic E-state index is 0.0587. The Morgan fingerprint density at radius 2 is 2.18 bits per heavy atom. The van der Waals surface area contributed by atoms with Crippen LogP contribution < -0.4 is 10.1 Å². The van der Waals surface area contributed by atoms with Crippen molar-refractivity contribution in [1.29, 1.82) is 0 Å². The van der Waals surface area contributed by atoms with Gasteiger partial charge in [0.15, 0.2) is 9.84 Å². The number of nitrogens with one attached hydrogen (secondary N) is 1. The standard InChI is InChI=1S/C16H23NO4S/c1-11-4-5-15(21-3)14(8-11)12(2)17-16(18)9-13-6-7-22(19,20)10-13/h4-5,8,12-13H,6-7,9-10H2,1-3H3,(H,17,18)/t12-,13+/m0/s1. The van der Waals surface area contributed by atoms with Crippen LogP contribution in [0.4, 0.5) is 0 Å². The third-order valence-corrected chi connectivity index (χ3v) is 5.87. The summed E-state index contributed by atoms with van der Waals surface area (Å²) < 4.78 is 28.2. The second-order valence-corrected chi connectivity index (χ2v) is 8.24. The van der Waals surface area contributed by atoms with Gasteiger partial charge in [-0.1, -0.05) is 17.7 Å². The van der Waals surface area contributed by atoms with Crippen molar-refractivity contribution in [3.8, 4) is 5.75 Å². The van der Waals surface area contributed by atoms with E-state index in [0.29, 0.717) is 6.42 Å². The molecule has 0 aromatic heterocycles. The fourth-order valence-electron chi connectivity index (χ4n) is 2.87. The molecule has 1 saturated heterocycles. The average molecular weight is 325 g/mol. The average Bonchev–Trinajstić information content (AvgIpc) is 2.77. The smallest absolute Gasteiger partial charge is 0.220 e. The van der Waals surface area contributed by atoms with Gasteiger partial charge in [0, 0.05) is 12.0 Å². The molecule has 1 aromatic rings. The Morgan fingerprint density at radius 1 is 1.45 bits per heavy atom. The van der Waals surface area contributed by atoms with E-state index in [1.807, 2.05) is 32.0 Å². The molecule has 5 nitrogen and oxygen atoms in total.